The highest BCUT2D eigenvalue weighted by Gasteiger charge is 2.16. The smallest absolute Gasteiger partial charge is 0.310 e. The quantitative estimate of drug-likeness (QED) is 0.280. The van der Waals surface area contributed by atoms with Crippen molar-refractivity contribution in [3.05, 3.63) is 88.6 Å². The van der Waals surface area contributed by atoms with Crippen LogP contribution in [0.4, 0.5) is 4.39 Å². The lowest BCUT2D eigenvalue weighted by Crippen LogP contribution is -2.21. The van der Waals surface area contributed by atoms with Crippen LogP contribution in [0.3, 0.4) is 0 Å². The number of hydrogen-bond acceptors (Lipinski definition) is 6. The van der Waals surface area contributed by atoms with Crippen LogP contribution in [0.5, 0.6) is 5.75 Å². The summed E-state index contributed by atoms with van der Waals surface area (Å²) in [5.41, 5.74) is 9.18. The number of methoxy groups -OCH3 is 1. The topological polar surface area (TPSA) is 70.8 Å². The van der Waals surface area contributed by atoms with E-state index in [0.29, 0.717) is 23.5 Å². The van der Waals surface area contributed by atoms with Gasteiger partial charge in [0.25, 0.3) is 0 Å². The van der Waals surface area contributed by atoms with Crippen molar-refractivity contribution in [3.63, 3.8) is 0 Å². The van der Waals surface area contributed by atoms with Gasteiger partial charge in [0.2, 0.25) is 0 Å². The highest BCUT2D eigenvalue weighted by Crippen LogP contribution is 2.36. The van der Waals surface area contributed by atoms with E-state index in [0.717, 1.165) is 26.8 Å². The molecule has 0 spiro atoms. The number of carbonyl (C=O) groups is 1. The lowest BCUT2D eigenvalue weighted by atomic mass is 9.98. The van der Waals surface area contributed by atoms with Gasteiger partial charge >= 0.3 is 5.97 Å². The summed E-state index contributed by atoms with van der Waals surface area (Å²) in [6.45, 7) is 2.53. The molecule has 4 rings (SSSR count). The standard InChI is InChI=1S/C28H28FNO4S/c1-18(16-32-2)34-26(31)14-20-6-3-4-9-25(20)33-17-19-12-21-10-11-35-28(21)24(13-19)23-8-5-7-22(15-30)27(23)29/h3-13,18H,14-17,30H2,1-2H3. The number of rotatable bonds is 10. The fraction of sp³-hybridized carbons (Fsp3) is 0.250. The summed E-state index contributed by atoms with van der Waals surface area (Å²) in [7, 11) is 1.57. The molecule has 5 nitrogen and oxygen atoms in total. The highest BCUT2D eigenvalue weighted by atomic mass is 32.1. The summed E-state index contributed by atoms with van der Waals surface area (Å²) in [6.07, 6.45) is -0.231. The second-order valence-corrected chi connectivity index (χ2v) is 9.21. The van der Waals surface area contributed by atoms with Crippen LogP contribution in [0.15, 0.2) is 66.0 Å². The first-order valence-corrected chi connectivity index (χ1v) is 12.2. The SMILES string of the molecule is COCC(C)OC(=O)Cc1ccccc1OCc1cc(-c2cccc(CN)c2F)c2sccc2c1. The summed E-state index contributed by atoms with van der Waals surface area (Å²) >= 11 is 1.57. The van der Waals surface area contributed by atoms with Gasteiger partial charge in [-0.1, -0.05) is 36.4 Å². The van der Waals surface area contributed by atoms with E-state index in [1.807, 2.05) is 53.9 Å². The molecule has 7 heteroatoms. The van der Waals surface area contributed by atoms with Gasteiger partial charge in [0.05, 0.1) is 13.0 Å². The minimum Gasteiger partial charge on any atom is -0.489 e. The molecule has 0 aliphatic heterocycles. The molecule has 1 heterocycles. The molecule has 0 fully saturated rings. The van der Waals surface area contributed by atoms with E-state index >= 15 is 4.39 Å². The average Bonchev–Trinajstić information content (AvgIpc) is 3.32. The van der Waals surface area contributed by atoms with Crippen molar-refractivity contribution in [2.75, 3.05) is 13.7 Å². The summed E-state index contributed by atoms with van der Waals surface area (Å²) in [5, 5.41) is 3.02. The highest BCUT2D eigenvalue weighted by molar-refractivity contribution is 7.17. The second-order valence-electron chi connectivity index (χ2n) is 8.29. The van der Waals surface area contributed by atoms with Gasteiger partial charge in [-0.05, 0) is 47.5 Å². The number of hydrogen-bond donors (Lipinski definition) is 1. The van der Waals surface area contributed by atoms with Crippen LogP contribution in [-0.2, 0) is 33.8 Å². The maximum atomic E-state index is 15.1. The second kappa shape index (κ2) is 11.4. The molecular weight excluding hydrogens is 465 g/mol. The molecule has 0 saturated heterocycles. The van der Waals surface area contributed by atoms with Gasteiger partial charge in [-0.15, -0.1) is 11.3 Å². The first kappa shape index (κ1) is 24.9. The molecule has 0 aliphatic carbocycles. The average molecular weight is 494 g/mol. The van der Waals surface area contributed by atoms with Gasteiger partial charge in [-0.25, -0.2) is 4.39 Å². The molecular formula is C28H28FNO4S. The minimum absolute atomic E-state index is 0.0934. The molecule has 3 aromatic carbocycles. The Kier molecular flexibility index (Phi) is 8.13. The van der Waals surface area contributed by atoms with Crippen LogP contribution < -0.4 is 10.5 Å². The molecule has 4 aromatic rings. The van der Waals surface area contributed by atoms with Crippen LogP contribution >= 0.6 is 11.3 Å². The third kappa shape index (κ3) is 5.88. The predicted molar refractivity (Wildman–Crippen MR) is 137 cm³/mol. The normalized spacial score (nSPS) is 12.0. The molecule has 0 bridgehead atoms. The fourth-order valence-corrected chi connectivity index (χ4v) is 4.92. The summed E-state index contributed by atoms with van der Waals surface area (Å²) < 4.78 is 32.7. The van der Waals surface area contributed by atoms with Crippen LogP contribution in [-0.4, -0.2) is 25.8 Å². The summed E-state index contributed by atoms with van der Waals surface area (Å²) in [5.74, 6) is -0.0377. The van der Waals surface area contributed by atoms with Gasteiger partial charge in [0.15, 0.2) is 0 Å². The minimum atomic E-state index is -0.345. The zero-order valence-electron chi connectivity index (χ0n) is 19.8. The van der Waals surface area contributed by atoms with Crippen molar-refractivity contribution in [1.82, 2.24) is 0 Å². The van der Waals surface area contributed by atoms with E-state index < -0.39 is 0 Å². The van der Waals surface area contributed by atoms with Gasteiger partial charge in [0, 0.05) is 40.6 Å². The Morgan fingerprint density at radius 2 is 1.86 bits per heavy atom. The molecule has 1 atom stereocenters. The Bertz CT molecular complexity index is 1320. The molecule has 1 unspecified atom stereocenters. The number of benzene rings is 3. The van der Waals surface area contributed by atoms with Crippen molar-refractivity contribution >= 4 is 27.4 Å². The summed E-state index contributed by atoms with van der Waals surface area (Å²) in [4.78, 5) is 12.4. The number of fused-ring (bicyclic) bond motifs is 1. The predicted octanol–water partition coefficient (Wildman–Crippen LogP) is 5.87. The Balaban J connectivity index is 1.57. The molecule has 182 valence electrons. The maximum Gasteiger partial charge on any atom is 0.310 e. The number of ether oxygens (including phenoxy) is 3. The van der Waals surface area contributed by atoms with E-state index in [1.54, 1.807) is 37.5 Å². The van der Waals surface area contributed by atoms with Crippen LogP contribution in [0.1, 0.15) is 23.6 Å². The van der Waals surface area contributed by atoms with Crippen molar-refractivity contribution in [2.45, 2.75) is 32.6 Å². The molecule has 0 saturated carbocycles. The van der Waals surface area contributed by atoms with Crippen molar-refractivity contribution in [2.24, 2.45) is 5.73 Å². The zero-order chi connectivity index (χ0) is 24.8. The van der Waals surface area contributed by atoms with E-state index in [2.05, 4.69) is 0 Å². The number of carbonyl (C=O) groups excluding carboxylic acids is 1. The third-order valence-corrected chi connectivity index (χ3v) is 6.60. The molecule has 2 N–H and O–H groups in total. The third-order valence-electron chi connectivity index (χ3n) is 5.64. The lowest BCUT2D eigenvalue weighted by Gasteiger charge is -2.15. The Morgan fingerprint density at radius 3 is 2.66 bits per heavy atom. The monoisotopic (exact) mass is 493 g/mol. The van der Waals surface area contributed by atoms with Crippen molar-refractivity contribution in [1.29, 1.82) is 0 Å². The maximum absolute atomic E-state index is 15.1. The van der Waals surface area contributed by atoms with Gasteiger partial charge in [-0.3, -0.25) is 4.79 Å². The molecule has 0 aliphatic rings. The lowest BCUT2D eigenvalue weighted by molar-refractivity contribution is -0.149. The Hall–Kier alpha value is -3.26. The Labute approximate surface area is 208 Å². The van der Waals surface area contributed by atoms with Gasteiger partial charge in [-0.2, -0.15) is 0 Å². The first-order valence-electron chi connectivity index (χ1n) is 11.4. The van der Waals surface area contributed by atoms with Crippen molar-refractivity contribution in [3.8, 4) is 16.9 Å². The molecule has 35 heavy (non-hydrogen) atoms. The van der Waals surface area contributed by atoms with Gasteiger partial charge in [0.1, 0.15) is 24.3 Å². The molecule has 1 aromatic heterocycles. The zero-order valence-corrected chi connectivity index (χ0v) is 20.6. The van der Waals surface area contributed by atoms with Crippen LogP contribution in [0.2, 0.25) is 0 Å². The number of thiophene rings is 1. The molecule has 0 radical (unpaired) electrons. The van der Waals surface area contributed by atoms with E-state index in [4.69, 9.17) is 19.9 Å². The number of esters is 1. The molecule has 0 amide bonds. The Morgan fingerprint density at radius 1 is 1.06 bits per heavy atom. The number of halogens is 1. The van der Waals surface area contributed by atoms with E-state index in [-0.39, 0.29) is 37.5 Å². The van der Waals surface area contributed by atoms with Gasteiger partial charge < -0.3 is 19.9 Å². The van der Waals surface area contributed by atoms with E-state index in [9.17, 15) is 4.79 Å². The van der Waals surface area contributed by atoms with Crippen LogP contribution in [0.25, 0.3) is 21.2 Å². The van der Waals surface area contributed by atoms with Crippen molar-refractivity contribution < 1.29 is 23.4 Å². The first-order chi connectivity index (χ1) is 17.0. The summed E-state index contributed by atoms with van der Waals surface area (Å²) in [6, 6.07) is 18.7. The van der Waals surface area contributed by atoms with E-state index in [1.165, 1.54) is 0 Å². The largest absolute Gasteiger partial charge is 0.489 e. The fourth-order valence-electron chi connectivity index (χ4n) is 4.01. The van der Waals surface area contributed by atoms with Crippen LogP contribution in [0, 0.1) is 5.82 Å². The number of para-hydroxylation sites is 1. The number of nitrogens with two attached hydrogens (primary N) is 1.